The molecule has 0 unspecified atom stereocenters. The molecular weight excluding hydrogens is 298 g/mol. The maximum Gasteiger partial charge on any atom is 0.248 e. The highest BCUT2D eigenvalue weighted by molar-refractivity contribution is 8.14. The Kier molecular flexibility index (Phi) is 4.77. The van der Waals surface area contributed by atoms with Crippen LogP contribution in [0.25, 0.3) is 0 Å². The highest BCUT2D eigenvalue weighted by Gasteiger charge is 2.34. The van der Waals surface area contributed by atoms with Gasteiger partial charge in [-0.15, -0.1) is 0 Å². The zero-order valence-electron chi connectivity index (χ0n) is 12.3. The van der Waals surface area contributed by atoms with Gasteiger partial charge >= 0.3 is 0 Å². The number of nitrogens with one attached hydrogen (secondary N) is 1. The molecule has 0 saturated carbocycles. The first-order chi connectivity index (χ1) is 10.7. The van der Waals surface area contributed by atoms with Crippen LogP contribution in [0.15, 0.2) is 35.3 Å². The molecule has 2 aliphatic rings. The second-order valence-electron chi connectivity index (χ2n) is 5.43. The molecule has 0 radical (unpaired) electrons. The normalized spacial score (nSPS) is 20.8. The Morgan fingerprint density at radius 2 is 2.14 bits per heavy atom. The lowest BCUT2D eigenvalue weighted by Gasteiger charge is -2.24. The fourth-order valence-electron chi connectivity index (χ4n) is 2.81. The van der Waals surface area contributed by atoms with E-state index in [4.69, 9.17) is 0 Å². The predicted molar refractivity (Wildman–Crippen MR) is 87.8 cm³/mol. The molecule has 0 bridgehead atoms. The SMILES string of the molecule is O=C(NC1=NCCS1)[C@@H]1CCCN1C(=O)Cc1ccccc1. The zero-order chi connectivity index (χ0) is 15.4. The highest BCUT2D eigenvalue weighted by atomic mass is 32.2. The minimum absolute atomic E-state index is 0.0184. The number of thioether (sulfide) groups is 1. The van der Waals surface area contributed by atoms with E-state index in [9.17, 15) is 9.59 Å². The van der Waals surface area contributed by atoms with Crippen LogP contribution in [0.2, 0.25) is 0 Å². The molecule has 1 aromatic carbocycles. The Labute approximate surface area is 134 Å². The van der Waals surface area contributed by atoms with E-state index in [1.807, 2.05) is 30.3 Å². The van der Waals surface area contributed by atoms with Gasteiger partial charge in [-0.1, -0.05) is 42.1 Å². The molecule has 2 amide bonds. The van der Waals surface area contributed by atoms with Gasteiger partial charge in [0.1, 0.15) is 6.04 Å². The third-order valence-electron chi connectivity index (χ3n) is 3.89. The lowest BCUT2D eigenvalue weighted by Crippen LogP contribution is -2.47. The Balaban J connectivity index is 1.62. The summed E-state index contributed by atoms with van der Waals surface area (Å²) in [4.78, 5) is 30.8. The predicted octanol–water partition coefficient (Wildman–Crippen LogP) is 1.44. The van der Waals surface area contributed by atoms with E-state index in [-0.39, 0.29) is 17.9 Å². The average molecular weight is 317 g/mol. The zero-order valence-corrected chi connectivity index (χ0v) is 13.1. The van der Waals surface area contributed by atoms with Crippen LogP contribution in [-0.4, -0.2) is 46.8 Å². The van der Waals surface area contributed by atoms with Crippen LogP contribution in [0, 0.1) is 0 Å². The first-order valence-electron chi connectivity index (χ1n) is 7.55. The Morgan fingerprint density at radius 1 is 1.32 bits per heavy atom. The van der Waals surface area contributed by atoms with Crippen molar-refractivity contribution in [3.8, 4) is 0 Å². The second-order valence-corrected chi connectivity index (χ2v) is 6.52. The first kappa shape index (κ1) is 15.1. The van der Waals surface area contributed by atoms with Crippen LogP contribution in [0.1, 0.15) is 18.4 Å². The number of carbonyl (C=O) groups excluding carboxylic acids is 2. The molecule has 1 atom stereocenters. The summed E-state index contributed by atoms with van der Waals surface area (Å²) in [6.45, 7) is 1.41. The molecule has 3 rings (SSSR count). The van der Waals surface area contributed by atoms with E-state index in [2.05, 4.69) is 10.3 Å². The third kappa shape index (κ3) is 3.50. The van der Waals surface area contributed by atoms with Crippen LogP contribution in [0.3, 0.4) is 0 Å². The van der Waals surface area contributed by atoms with Crippen LogP contribution in [0.4, 0.5) is 0 Å². The molecule has 2 aliphatic heterocycles. The number of amides is 2. The number of carbonyl (C=O) groups is 2. The summed E-state index contributed by atoms with van der Waals surface area (Å²) in [5.41, 5.74) is 0.981. The van der Waals surface area contributed by atoms with Gasteiger partial charge < -0.3 is 10.2 Å². The van der Waals surface area contributed by atoms with Crippen LogP contribution in [-0.2, 0) is 16.0 Å². The lowest BCUT2D eigenvalue weighted by molar-refractivity contribution is -0.137. The van der Waals surface area contributed by atoms with Crippen molar-refractivity contribution in [3.05, 3.63) is 35.9 Å². The Bertz CT molecular complexity index is 588. The van der Waals surface area contributed by atoms with Crippen molar-refractivity contribution in [1.82, 2.24) is 10.2 Å². The average Bonchev–Trinajstić information content (AvgIpc) is 3.19. The van der Waals surface area contributed by atoms with Gasteiger partial charge in [-0.05, 0) is 18.4 Å². The van der Waals surface area contributed by atoms with Crippen molar-refractivity contribution >= 4 is 28.7 Å². The molecule has 1 aromatic rings. The molecule has 0 spiro atoms. The summed E-state index contributed by atoms with van der Waals surface area (Å²) in [5.74, 6) is 0.827. The van der Waals surface area contributed by atoms with Crippen LogP contribution >= 0.6 is 11.8 Å². The van der Waals surface area contributed by atoms with Crippen molar-refractivity contribution in [1.29, 1.82) is 0 Å². The number of nitrogens with zero attached hydrogens (tertiary/aromatic N) is 2. The van der Waals surface area contributed by atoms with Gasteiger partial charge in [0.25, 0.3) is 0 Å². The van der Waals surface area contributed by atoms with Gasteiger partial charge in [-0.25, -0.2) is 0 Å². The molecular formula is C16H19N3O2S. The quantitative estimate of drug-likeness (QED) is 0.917. The van der Waals surface area contributed by atoms with E-state index in [1.54, 1.807) is 16.7 Å². The van der Waals surface area contributed by atoms with Crippen molar-refractivity contribution in [2.24, 2.45) is 4.99 Å². The molecule has 22 heavy (non-hydrogen) atoms. The number of benzene rings is 1. The van der Waals surface area contributed by atoms with E-state index in [0.29, 0.717) is 18.1 Å². The largest absolute Gasteiger partial charge is 0.330 e. The van der Waals surface area contributed by atoms with Gasteiger partial charge in [0.05, 0.1) is 13.0 Å². The Hall–Kier alpha value is -1.82. The number of likely N-dealkylation sites (tertiary alicyclic amines) is 1. The van der Waals surface area contributed by atoms with Crippen molar-refractivity contribution in [3.63, 3.8) is 0 Å². The van der Waals surface area contributed by atoms with Gasteiger partial charge in [-0.2, -0.15) is 0 Å². The monoisotopic (exact) mass is 317 g/mol. The van der Waals surface area contributed by atoms with Crippen molar-refractivity contribution in [2.45, 2.75) is 25.3 Å². The molecule has 0 aliphatic carbocycles. The molecule has 5 nitrogen and oxygen atoms in total. The van der Waals surface area contributed by atoms with Gasteiger partial charge in [0.15, 0.2) is 5.17 Å². The summed E-state index contributed by atoms with van der Waals surface area (Å²) in [6.07, 6.45) is 1.95. The number of rotatable bonds is 3. The van der Waals surface area contributed by atoms with E-state index in [0.717, 1.165) is 30.7 Å². The van der Waals surface area contributed by atoms with E-state index < -0.39 is 0 Å². The maximum absolute atomic E-state index is 12.5. The van der Waals surface area contributed by atoms with Crippen molar-refractivity contribution in [2.75, 3.05) is 18.8 Å². The Morgan fingerprint density at radius 3 is 2.86 bits per heavy atom. The summed E-state index contributed by atoms with van der Waals surface area (Å²) in [6, 6.07) is 9.29. The first-order valence-corrected chi connectivity index (χ1v) is 8.54. The van der Waals surface area contributed by atoms with E-state index >= 15 is 0 Å². The number of aliphatic imine (C=N–C) groups is 1. The number of hydrogen-bond donors (Lipinski definition) is 1. The molecule has 2 heterocycles. The molecule has 1 fully saturated rings. The van der Waals surface area contributed by atoms with Crippen LogP contribution in [0.5, 0.6) is 0 Å². The summed E-state index contributed by atoms with van der Waals surface area (Å²) in [7, 11) is 0. The highest BCUT2D eigenvalue weighted by Crippen LogP contribution is 2.20. The van der Waals surface area contributed by atoms with E-state index in [1.165, 1.54) is 0 Å². The second kappa shape index (κ2) is 6.96. The minimum Gasteiger partial charge on any atom is -0.330 e. The van der Waals surface area contributed by atoms with Crippen molar-refractivity contribution < 1.29 is 9.59 Å². The molecule has 6 heteroatoms. The topological polar surface area (TPSA) is 61.8 Å². The molecule has 116 valence electrons. The fourth-order valence-corrected chi connectivity index (χ4v) is 3.54. The molecule has 0 aromatic heterocycles. The number of amidine groups is 1. The molecule has 1 saturated heterocycles. The smallest absolute Gasteiger partial charge is 0.248 e. The summed E-state index contributed by atoms with van der Waals surface area (Å²) >= 11 is 1.56. The van der Waals surface area contributed by atoms with Gasteiger partial charge in [0, 0.05) is 12.3 Å². The van der Waals surface area contributed by atoms with Gasteiger partial charge in [0.2, 0.25) is 11.8 Å². The third-order valence-corrected chi connectivity index (χ3v) is 4.78. The van der Waals surface area contributed by atoms with Crippen LogP contribution < -0.4 is 5.32 Å². The standard InChI is InChI=1S/C16H19N3O2S/c20-14(11-12-5-2-1-3-6-12)19-9-4-7-13(19)15(21)18-16-17-8-10-22-16/h1-3,5-6,13H,4,7-11H2,(H,17,18,21)/t13-/m0/s1. The molecule has 1 N–H and O–H groups in total. The van der Waals surface area contributed by atoms with Gasteiger partial charge in [-0.3, -0.25) is 14.6 Å². The maximum atomic E-state index is 12.5. The number of hydrogen-bond acceptors (Lipinski definition) is 4. The fraction of sp³-hybridized carbons (Fsp3) is 0.438. The summed E-state index contributed by atoms with van der Waals surface area (Å²) < 4.78 is 0. The summed E-state index contributed by atoms with van der Waals surface area (Å²) in [5, 5.41) is 3.54. The minimum atomic E-state index is -0.361. The lowest BCUT2D eigenvalue weighted by atomic mass is 10.1.